The van der Waals surface area contributed by atoms with Gasteiger partial charge in [0.2, 0.25) is 5.95 Å². The molecule has 3 rings (SSSR count). The Morgan fingerprint density at radius 3 is 2.82 bits per heavy atom. The van der Waals surface area contributed by atoms with E-state index in [9.17, 15) is 5.11 Å². The molecule has 112 valence electrons. The minimum absolute atomic E-state index is 0.0779. The van der Waals surface area contributed by atoms with Gasteiger partial charge in [-0.05, 0) is 35.9 Å². The Kier molecular flexibility index (Phi) is 3.65. The molecule has 0 unspecified atom stereocenters. The molecule has 6 heteroatoms. The van der Waals surface area contributed by atoms with Crippen molar-refractivity contribution in [3.63, 3.8) is 0 Å². The number of aromatic nitrogens is 2. The first-order chi connectivity index (χ1) is 10.7. The predicted molar refractivity (Wildman–Crippen MR) is 86.6 cm³/mol. The Labute approximate surface area is 127 Å². The number of rotatable bonds is 4. The molecule has 22 heavy (non-hydrogen) atoms. The number of phenols is 1. The van der Waals surface area contributed by atoms with E-state index in [4.69, 9.17) is 4.74 Å². The van der Waals surface area contributed by atoms with Crippen LogP contribution in [0.1, 0.15) is 5.56 Å². The van der Waals surface area contributed by atoms with Crippen LogP contribution < -0.4 is 10.2 Å². The van der Waals surface area contributed by atoms with Crippen LogP contribution >= 0.6 is 0 Å². The van der Waals surface area contributed by atoms with E-state index < -0.39 is 0 Å². The average molecular weight is 296 g/mol. The van der Waals surface area contributed by atoms with Gasteiger partial charge in [0.15, 0.2) is 11.5 Å². The summed E-state index contributed by atoms with van der Waals surface area (Å²) >= 11 is 0. The molecule has 0 fully saturated rings. The van der Waals surface area contributed by atoms with Crippen molar-refractivity contribution < 1.29 is 9.84 Å². The normalized spacial score (nSPS) is 11.2. The molecule has 2 N–H and O–H groups in total. The van der Waals surface area contributed by atoms with E-state index >= 15 is 0 Å². The third kappa shape index (κ3) is 2.58. The molecule has 0 saturated heterocycles. The van der Waals surface area contributed by atoms with Crippen LogP contribution in [0.3, 0.4) is 0 Å². The Hall–Kier alpha value is -3.02. The lowest BCUT2D eigenvalue weighted by Crippen LogP contribution is -1.98. The Balaban J connectivity index is 1.78. The maximum absolute atomic E-state index is 9.72. The number of anilines is 1. The second-order valence-corrected chi connectivity index (χ2v) is 4.78. The molecule has 0 bridgehead atoms. The van der Waals surface area contributed by atoms with E-state index in [1.807, 2.05) is 35.9 Å². The van der Waals surface area contributed by atoms with E-state index in [1.165, 1.54) is 7.11 Å². The van der Waals surface area contributed by atoms with Gasteiger partial charge in [-0.1, -0.05) is 12.1 Å². The molecule has 0 aliphatic rings. The number of methoxy groups -OCH3 is 1. The second-order valence-electron chi connectivity index (χ2n) is 4.78. The van der Waals surface area contributed by atoms with Gasteiger partial charge in [-0.2, -0.15) is 5.10 Å². The summed E-state index contributed by atoms with van der Waals surface area (Å²) in [4.78, 5) is 4.46. The summed E-state index contributed by atoms with van der Waals surface area (Å²) in [5, 5.41) is 13.9. The number of nitrogens with one attached hydrogen (secondary N) is 1. The molecule has 0 aliphatic carbocycles. The van der Waals surface area contributed by atoms with Crippen molar-refractivity contribution in [2.24, 2.45) is 12.1 Å². The maximum atomic E-state index is 9.72. The van der Waals surface area contributed by atoms with Crippen molar-refractivity contribution in [1.29, 1.82) is 0 Å². The fraction of sp³-hybridized carbons (Fsp3) is 0.125. The molecule has 0 radical (unpaired) electrons. The Bertz CT molecular complexity index is 839. The highest BCUT2D eigenvalue weighted by molar-refractivity contribution is 5.82. The molecule has 3 aromatic rings. The number of hydrogen-bond acceptors (Lipinski definition) is 5. The Morgan fingerprint density at radius 2 is 2.09 bits per heavy atom. The summed E-state index contributed by atoms with van der Waals surface area (Å²) in [7, 11) is 3.43. The van der Waals surface area contributed by atoms with E-state index in [1.54, 1.807) is 24.4 Å². The number of imidazole rings is 1. The molecule has 0 atom stereocenters. The van der Waals surface area contributed by atoms with Gasteiger partial charge in [-0.3, -0.25) is 0 Å². The molecular weight excluding hydrogens is 280 g/mol. The lowest BCUT2D eigenvalue weighted by molar-refractivity contribution is 0.373. The number of nitrogens with zero attached hydrogens (tertiary/aromatic N) is 3. The van der Waals surface area contributed by atoms with E-state index in [0.29, 0.717) is 11.7 Å². The van der Waals surface area contributed by atoms with Crippen molar-refractivity contribution in [2.45, 2.75) is 0 Å². The monoisotopic (exact) mass is 296 g/mol. The Morgan fingerprint density at radius 1 is 1.27 bits per heavy atom. The number of ether oxygens (including phenoxy) is 1. The van der Waals surface area contributed by atoms with Crippen molar-refractivity contribution in [3.05, 3.63) is 48.0 Å². The number of aromatic hydroxyl groups is 1. The van der Waals surface area contributed by atoms with Gasteiger partial charge < -0.3 is 14.4 Å². The second kappa shape index (κ2) is 5.77. The number of hydrazone groups is 1. The number of phenolic OH excluding ortho intramolecular Hbond substituents is 1. The van der Waals surface area contributed by atoms with Crippen LogP contribution in [-0.2, 0) is 7.05 Å². The zero-order chi connectivity index (χ0) is 15.5. The first kappa shape index (κ1) is 13.9. The third-order valence-corrected chi connectivity index (χ3v) is 3.37. The number of para-hydroxylation sites is 2. The molecule has 1 aromatic heterocycles. The minimum Gasteiger partial charge on any atom is -0.504 e. The van der Waals surface area contributed by atoms with Gasteiger partial charge in [-0.25, -0.2) is 10.4 Å². The zero-order valence-corrected chi connectivity index (χ0v) is 12.3. The molecule has 0 aliphatic heterocycles. The maximum Gasteiger partial charge on any atom is 0.224 e. The van der Waals surface area contributed by atoms with Crippen LogP contribution in [0, 0.1) is 0 Å². The quantitative estimate of drug-likeness (QED) is 0.573. The zero-order valence-electron chi connectivity index (χ0n) is 12.3. The largest absolute Gasteiger partial charge is 0.504 e. The van der Waals surface area contributed by atoms with E-state index in [-0.39, 0.29) is 5.75 Å². The molecule has 0 amide bonds. The molecular formula is C16H16N4O2. The number of hydrogen-bond donors (Lipinski definition) is 2. The van der Waals surface area contributed by atoms with Crippen LogP contribution in [0.25, 0.3) is 11.0 Å². The number of aryl methyl sites for hydroxylation is 1. The summed E-state index contributed by atoms with van der Waals surface area (Å²) in [5.41, 5.74) is 5.60. The highest BCUT2D eigenvalue weighted by Gasteiger charge is 2.05. The molecule has 1 heterocycles. The fourth-order valence-electron chi connectivity index (χ4n) is 2.20. The summed E-state index contributed by atoms with van der Waals surface area (Å²) in [6.45, 7) is 0. The molecule has 0 spiro atoms. The van der Waals surface area contributed by atoms with E-state index in [2.05, 4.69) is 15.5 Å². The van der Waals surface area contributed by atoms with Gasteiger partial charge in [0.1, 0.15) is 0 Å². The lowest BCUT2D eigenvalue weighted by atomic mass is 10.2. The van der Waals surface area contributed by atoms with Crippen molar-refractivity contribution in [3.8, 4) is 11.5 Å². The molecule has 6 nitrogen and oxygen atoms in total. The smallest absolute Gasteiger partial charge is 0.224 e. The predicted octanol–water partition coefficient (Wildman–Crippen LogP) is 2.73. The molecule has 2 aromatic carbocycles. The van der Waals surface area contributed by atoms with Crippen molar-refractivity contribution in [2.75, 3.05) is 12.5 Å². The molecule has 0 saturated carbocycles. The first-order valence-electron chi connectivity index (χ1n) is 6.76. The van der Waals surface area contributed by atoms with Gasteiger partial charge in [0.25, 0.3) is 0 Å². The average Bonchev–Trinajstić information content (AvgIpc) is 2.84. The standard InChI is InChI=1S/C16H16N4O2/c1-20-13-6-4-3-5-12(13)18-16(20)19-17-10-11-7-8-15(22-2)14(21)9-11/h3-10,21H,1-2H3,(H,18,19)/b17-10+. The number of fused-ring (bicyclic) bond motifs is 1. The highest BCUT2D eigenvalue weighted by Crippen LogP contribution is 2.25. The third-order valence-electron chi connectivity index (χ3n) is 3.37. The topological polar surface area (TPSA) is 71.7 Å². The van der Waals surface area contributed by atoms with Gasteiger partial charge in [0, 0.05) is 7.05 Å². The first-order valence-corrected chi connectivity index (χ1v) is 6.76. The fourth-order valence-corrected chi connectivity index (χ4v) is 2.20. The van der Waals surface area contributed by atoms with Crippen LogP contribution in [0.15, 0.2) is 47.6 Å². The highest BCUT2D eigenvalue weighted by atomic mass is 16.5. The lowest BCUT2D eigenvalue weighted by Gasteiger charge is -2.03. The summed E-state index contributed by atoms with van der Waals surface area (Å²) in [5.74, 6) is 1.16. The number of benzene rings is 2. The van der Waals surface area contributed by atoms with Crippen LogP contribution in [0.2, 0.25) is 0 Å². The summed E-state index contributed by atoms with van der Waals surface area (Å²) in [6, 6.07) is 12.9. The van der Waals surface area contributed by atoms with Gasteiger partial charge in [-0.15, -0.1) is 0 Å². The van der Waals surface area contributed by atoms with Crippen molar-refractivity contribution >= 4 is 23.2 Å². The SMILES string of the molecule is COc1ccc(/C=N/Nc2nc3ccccc3n2C)cc1O. The van der Waals surface area contributed by atoms with E-state index in [0.717, 1.165) is 16.6 Å². The summed E-state index contributed by atoms with van der Waals surface area (Å²) in [6.07, 6.45) is 1.61. The van der Waals surface area contributed by atoms with Gasteiger partial charge in [0.05, 0.1) is 24.4 Å². The van der Waals surface area contributed by atoms with Crippen LogP contribution in [-0.4, -0.2) is 28.0 Å². The minimum atomic E-state index is 0.0779. The van der Waals surface area contributed by atoms with Crippen molar-refractivity contribution in [1.82, 2.24) is 9.55 Å². The van der Waals surface area contributed by atoms with Crippen LogP contribution in [0.4, 0.5) is 5.95 Å². The summed E-state index contributed by atoms with van der Waals surface area (Å²) < 4.78 is 6.93. The van der Waals surface area contributed by atoms with Gasteiger partial charge >= 0.3 is 0 Å². The van der Waals surface area contributed by atoms with Crippen LogP contribution in [0.5, 0.6) is 11.5 Å².